The molecule has 2 N–H and O–H groups in total. The van der Waals surface area contributed by atoms with Gasteiger partial charge in [0.2, 0.25) is 0 Å². The largest absolute Gasteiger partial charge is 0.485 e. The van der Waals surface area contributed by atoms with E-state index < -0.39 is 5.97 Å². The summed E-state index contributed by atoms with van der Waals surface area (Å²) in [4.78, 5) is 10.7. The number of fused-ring (bicyclic) bond motifs is 1. The molecule has 0 aromatic heterocycles. The highest BCUT2D eigenvalue weighted by molar-refractivity contribution is 6.30. The molecule has 0 amide bonds. The van der Waals surface area contributed by atoms with Crippen molar-refractivity contribution in [1.82, 2.24) is 0 Å². The number of nitrogens with one attached hydrogen (secondary N) is 1. The first-order valence-electron chi connectivity index (χ1n) is 5.01. The van der Waals surface area contributed by atoms with Crippen LogP contribution in [-0.4, -0.2) is 23.2 Å². The van der Waals surface area contributed by atoms with Crippen molar-refractivity contribution in [2.75, 3.05) is 5.32 Å². The van der Waals surface area contributed by atoms with E-state index in [2.05, 4.69) is 5.32 Å². The van der Waals surface area contributed by atoms with Crippen molar-refractivity contribution < 1.29 is 14.6 Å². The van der Waals surface area contributed by atoms with E-state index in [-0.39, 0.29) is 18.6 Å². The molecule has 1 aromatic carbocycles. The summed E-state index contributed by atoms with van der Waals surface area (Å²) >= 11 is 5.84. The molecule has 86 valence electrons. The first kappa shape index (κ1) is 11.1. The van der Waals surface area contributed by atoms with Gasteiger partial charge in [-0.05, 0) is 19.1 Å². The molecule has 2 rings (SSSR count). The van der Waals surface area contributed by atoms with E-state index in [0.717, 1.165) is 5.69 Å². The van der Waals surface area contributed by atoms with Gasteiger partial charge in [-0.1, -0.05) is 11.6 Å². The molecule has 1 aliphatic rings. The summed E-state index contributed by atoms with van der Waals surface area (Å²) in [6, 6.07) is 5.24. The van der Waals surface area contributed by atoms with Gasteiger partial charge in [0.1, 0.15) is 11.9 Å². The van der Waals surface area contributed by atoms with Gasteiger partial charge in [-0.3, -0.25) is 4.79 Å². The molecular weight excluding hydrogens is 230 g/mol. The van der Waals surface area contributed by atoms with Crippen LogP contribution in [0.4, 0.5) is 5.69 Å². The normalized spacial score (nSPS) is 22.9. The molecule has 4 nitrogen and oxygen atoms in total. The number of aliphatic carboxylic acids is 1. The zero-order chi connectivity index (χ0) is 11.7. The summed E-state index contributed by atoms with van der Waals surface area (Å²) in [5, 5.41) is 12.5. The molecule has 16 heavy (non-hydrogen) atoms. The van der Waals surface area contributed by atoms with E-state index in [0.29, 0.717) is 10.8 Å². The average Bonchev–Trinajstić information content (AvgIpc) is 2.19. The Labute approximate surface area is 98.2 Å². The molecule has 5 heteroatoms. The van der Waals surface area contributed by atoms with Gasteiger partial charge in [-0.2, -0.15) is 0 Å². The third-order valence-electron chi connectivity index (χ3n) is 2.54. The molecule has 0 bridgehead atoms. The lowest BCUT2D eigenvalue weighted by Crippen LogP contribution is -2.40. The average molecular weight is 242 g/mol. The van der Waals surface area contributed by atoms with E-state index in [1.807, 2.05) is 13.0 Å². The van der Waals surface area contributed by atoms with Crippen LogP contribution in [0.2, 0.25) is 5.02 Å². The number of hydrogen-bond donors (Lipinski definition) is 2. The number of anilines is 1. The van der Waals surface area contributed by atoms with Crippen LogP contribution in [-0.2, 0) is 4.79 Å². The molecule has 0 radical (unpaired) electrons. The highest BCUT2D eigenvalue weighted by atomic mass is 35.5. The Balaban J connectivity index is 2.22. The molecule has 1 aliphatic heterocycles. The van der Waals surface area contributed by atoms with Gasteiger partial charge in [0.25, 0.3) is 0 Å². The number of hydrogen-bond acceptors (Lipinski definition) is 3. The van der Waals surface area contributed by atoms with Gasteiger partial charge in [-0.15, -0.1) is 0 Å². The second-order valence-corrected chi connectivity index (χ2v) is 4.26. The Kier molecular flexibility index (Phi) is 2.92. The lowest BCUT2D eigenvalue weighted by Gasteiger charge is -2.32. The van der Waals surface area contributed by atoms with Crippen LogP contribution >= 0.6 is 11.6 Å². The fourth-order valence-electron chi connectivity index (χ4n) is 1.71. The number of carboxylic acid groups (broad SMARTS) is 1. The summed E-state index contributed by atoms with van der Waals surface area (Å²) in [5.41, 5.74) is 0.846. The highest BCUT2D eigenvalue weighted by Crippen LogP contribution is 2.34. The van der Waals surface area contributed by atoms with Crippen molar-refractivity contribution in [3.63, 3.8) is 0 Å². The van der Waals surface area contributed by atoms with Crippen LogP contribution in [0.15, 0.2) is 18.2 Å². The number of ether oxygens (including phenoxy) is 1. The van der Waals surface area contributed by atoms with Crippen LogP contribution in [0.5, 0.6) is 5.75 Å². The molecule has 0 saturated heterocycles. The molecule has 1 heterocycles. The Hall–Kier alpha value is -1.42. The smallest absolute Gasteiger partial charge is 0.307 e. The maximum absolute atomic E-state index is 10.7. The monoisotopic (exact) mass is 241 g/mol. The summed E-state index contributed by atoms with van der Waals surface area (Å²) < 4.78 is 5.61. The minimum absolute atomic E-state index is 0.0277. The predicted octanol–water partition coefficient (Wildman–Crippen LogP) is 2.38. The lowest BCUT2D eigenvalue weighted by molar-refractivity contribution is -0.139. The van der Waals surface area contributed by atoms with Gasteiger partial charge < -0.3 is 15.2 Å². The van der Waals surface area contributed by atoms with E-state index in [1.165, 1.54) is 0 Å². The Morgan fingerprint density at radius 1 is 1.62 bits per heavy atom. The van der Waals surface area contributed by atoms with Crippen LogP contribution < -0.4 is 10.1 Å². The first-order valence-corrected chi connectivity index (χ1v) is 5.38. The molecular formula is C11H12ClNO3. The van der Waals surface area contributed by atoms with Crippen molar-refractivity contribution in [3.05, 3.63) is 23.2 Å². The van der Waals surface area contributed by atoms with Crippen LogP contribution in [0.3, 0.4) is 0 Å². The quantitative estimate of drug-likeness (QED) is 0.835. The first-order chi connectivity index (χ1) is 7.56. The Bertz CT molecular complexity index is 422. The molecule has 1 aromatic rings. The Morgan fingerprint density at radius 2 is 2.38 bits per heavy atom. The van der Waals surface area contributed by atoms with Gasteiger partial charge in [-0.25, -0.2) is 0 Å². The molecule has 0 fully saturated rings. The fourth-order valence-corrected chi connectivity index (χ4v) is 1.87. The zero-order valence-corrected chi connectivity index (χ0v) is 9.49. The minimum atomic E-state index is -0.871. The molecule has 0 spiro atoms. The number of rotatable bonds is 2. The summed E-state index contributed by atoms with van der Waals surface area (Å²) in [5.74, 6) is -0.263. The van der Waals surface area contributed by atoms with Crippen molar-refractivity contribution in [3.8, 4) is 5.75 Å². The van der Waals surface area contributed by atoms with Crippen molar-refractivity contribution in [2.24, 2.45) is 0 Å². The number of carboxylic acids is 1. The molecule has 0 saturated carbocycles. The number of halogens is 1. The van der Waals surface area contributed by atoms with Crippen LogP contribution in [0.1, 0.15) is 13.3 Å². The van der Waals surface area contributed by atoms with E-state index in [9.17, 15) is 4.79 Å². The van der Waals surface area contributed by atoms with E-state index in [1.54, 1.807) is 12.1 Å². The highest BCUT2D eigenvalue weighted by Gasteiger charge is 2.28. The fraction of sp³-hybridized carbons (Fsp3) is 0.364. The predicted molar refractivity (Wildman–Crippen MR) is 61.2 cm³/mol. The van der Waals surface area contributed by atoms with Gasteiger partial charge in [0.15, 0.2) is 0 Å². The molecule has 0 aliphatic carbocycles. The van der Waals surface area contributed by atoms with Gasteiger partial charge in [0.05, 0.1) is 18.2 Å². The van der Waals surface area contributed by atoms with E-state index >= 15 is 0 Å². The number of benzene rings is 1. The third-order valence-corrected chi connectivity index (χ3v) is 2.77. The summed E-state index contributed by atoms with van der Waals surface area (Å²) in [6.07, 6.45) is -0.399. The second-order valence-electron chi connectivity index (χ2n) is 3.83. The topological polar surface area (TPSA) is 58.6 Å². The zero-order valence-electron chi connectivity index (χ0n) is 8.74. The Morgan fingerprint density at radius 3 is 3.06 bits per heavy atom. The summed E-state index contributed by atoms with van der Waals surface area (Å²) in [6.45, 7) is 1.89. The second kappa shape index (κ2) is 4.22. The number of carbonyl (C=O) groups is 1. The van der Waals surface area contributed by atoms with Crippen LogP contribution in [0, 0.1) is 0 Å². The van der Waals surface area contributed by atoms with Crippen LogP contribution in [0.25, 0.3) is 0 Å². The lowest BCUT2D eigenvalue weighted by atomic mass is 10.1. The van der Waals surface area contributed by atoms with Gasteiger partial charge in [0, 0.05) is 11.1 Å². The SMILES string of the molecule is CC1Nc2ccc(Cl)cc2OC1CC(=O)O. The van der Waals surface area contributed by atoms with E-state index in [4.69, 9.17) is 21.4 Å². The maximum Gasteiger partial charge on any atom is 0.307 e. The third kappa shape index (κ3) is 2.22. The molecule has 2 atom stereocenters. The van der Waals surface area contributed by atoms with Crippen molar-refractivity contribution in [1.29, 1.82) is 0 Å². The maximum atomic E-state index is 10.7. The minimum Gasteiger partial charge on any atom is -0.485 e. The molecule has 2 unspecified atom stereocenters. The van der Waals surface area contributed by atoms with Crippen molar-refractivity contribution >= 4 is 23.3 Å². The standard InChI is InChI=1S/C11H12ClNO3/c1-6-9(5-11(14)15)16-10-4-7(12)2-3-8(10)13-6/h2-4,6,9,13H,5H2,1H3,(H,14,15). The van der Waals surface area contributed by atoms with Gasteiger partial charge >= 0.3 is 5.97 Å². The summed E-state index contributed by atoms with van der Waals surface area (Å²) in [7, 11) is 0. The van der Waals surface area contributed by atoms with Crippen molar-refractivity contribution in [2.45, 2.75) is 25.5 Å².